The Morgan fingerprint density at radius 1 is 0.906 bits per heavy atom. The minimum Gasteiger partial charge on any atom is -0.392 e. The van der Waals surface area contributed by atoms with Crippen molar-refractivity contribution < 1.29 is 14.7 Å². The third-order valence-corrected chi connectivity index (χ3v) is 8.03. The van der Waals surface area contributed by atoms with Gasteiger partial charge in [0.1, 0.15) is 0 Å². The lowest BCUT2D eigenvalue weighted by Crippen LogP contribution is -2.58. The molecule has 1 aliphatic heterocycles. The number of hydrogen-bond acceptors (Lipinski definition) is 3. The number of imide groups is 1. The first kappa shape index (κ1) is 20.0. The van der Waals surface area contributed by atoms with Crippen LogP contribution < -0.4 is 4.90 Å². The average Bonchev–Trinajstić information content (AvgIpc) is 3.05. The van der Waals surface area contributed by atoms with Crippen molar-refractivity contribution in [2.45, 2.75) is 24.4 Å². The number of aliphatic hydroxyl groups excluding tert-OH is 1. The molecule has 3 aromatic carbocycles. The van der Waals surface area contributed by atoms with Crippen molar-refractivity contribution in [3.05, 3.63) is 99.0 Å². The van der Waals surface area contributed by atoms with Crippen molar-refractivity contribution >= 4 is 40.7 Å². The Labute approximate surface area is 195 Å². The van der Waals surface area contributed by atoms with Gasteiger partial charge in [0.15, 0.2) is 0 Å². The van der Waals surface area contributed by atoms with Crippen LogP contribution >= 0.6 is 23.2 Å². The van der Waals surface area contributed by atoms with E-state index in [0.29, 0.717) is 10.7 Å². The van der Waals surface area contributed by atoms with Crippen LogP contribution in [0.1, 0.15) is 35.1 Å². The third kappa shape index (κ3) is 2.22. The quantitative estimate of drug-likeness (QED) is 0.548. The first-order valence-corrected chi connectivity index (χ1v) is 11.3. The first-order chi connectivity index (χ1) is 15.4. The number of carbonyl (C=O) groups is 2. The van der Waals surface area contributed by atoms with Gasteiger partial charge >= 0.3 is 0 Å². The van der Waals surface area contributed by atoms with E-state index in [1.807, 2.05) is 48.5 Å². The third-order valence-electron chi connectivity index (χ3n) is 7.49. The summed E-state index contributed by atoms with van der Waals surface area (Å²) < 4.78 is 0. The Kier molecular flexibility index (Phi) is 4.17. The van der Waals surface area contributed by atoms with Gasteiger partial charge in [-0.25, -0.2) is 4.90 Å². The molecule has 3 atom stereocenters. The molecule has 1 fully saturated rings. The molecule has 1 N–H and O–H groups in total. The van der Waals surface area contributed by atoms with Crippen LogP contribution in [-0.2, 0) is 15.0 Å². The molecule has 7 rings (SSSR count). The second-order valence-corrected chi connectivity index (χ2v) is 9.65. The molecule has 0 aromatic heterocycles. The van der Waals surface area contributed by atoms with Crippen LogP contribution in [0.5, 0.6) is 0 Å². The second kappa shape index (κ2) is 6.67. The Balaban J connectivity index is 1.66. The fraction of sp³-hybridized carbons (Fsp3) is 0.231. The lowest BCUT2D eigenvalue weighted by molar-refractivity contribution is -0.126. The molecule has 6 heteroatoms. The average molecular weight is 464 g/mol. The number of aliphatic hydroxyl groups is 1. The van der Waals surface area contributed by atoms with Crippen molar-refractivity contribution in [2.24, 2.45) is 11.8 Å². The number of hydrogen-bond donors (Lipinski definition) is 1. The molecule has 0 spiro atoms. The Hall–Kier alpha value is -2.66. The maximum atomic E-state index is 14.0. The highest BCUT2D eigenvalue weighted by Crippen LogP contribution is 2.65. The number of benzene rings is 3. The highest BCUT2D eigenvalue weighted by atomic mass is 35.5. The Bertz CT molecular complexity index is 1270. The van der Waals surface area contributed by atoms with Gasteiger partial charge in [0, 0.05) is 10.9 Å². The SMILES string of the molecule is CC(O)C12c3ccccc3C(c3ccccc31)C1C(=O)N(c3ccc(Cl)cc3Cl)C(=O)C12. The summed E-state index contributed by atoms with van der Waals surface area (Å²) in [4.78, 5) is 29.1. The van der Waals surface area contributed by atoms with Crippen molar-refractivity contribution in [3.63, 3.8) is 0 Å². The van der Waals surface area contributed by atoms with E-state index in [1.165, 1.54) is 11.0 Å². The molecule has 4 nitrogen and oxygen atoms in total. The maximum absolute atomic E-state index is 14.0. The predicted octanol–water partition coefficient (Wildman–Crippen LogP) is 4.93. The number of rotatable bonds is 2. The lowest BCUT2D eigenvalue weighted by Gasteiger charge is -2.55. The first-order valence-electron chi connectivity index (χ1n) is 10.6. The number of anilines is 1. The topological polar surface area (TPSA) is 57.6 Å². The summed E-state index contributed by atoms with van der Waals surface area (Å²) in [5, 5.41) is 12.0. The monoisotopic (exact) mass is 463 g/mol. The van der Waals surface area contributed by atoms with Crippen LogP contribution in [0.4, 0.5) is 5.69 Å². The van der Waals surface area contributed by atoms with Gasteiger partial charge in [-0.05, 0) is 47.4 Å². The maximum Gasteiger partial charge on any atom is 0.239 e. The van der Waals surface area contributed by atoms with Crippen LogP contribution in [0, 0.1) is 11.8 Å². The molecule has 160 valence electrons. The van der Waals surface area contributed by atoms with Gasteiger partial charge in [-0.3, -0.25) is 9.59 Å². The zero-order chi connectivity index (χ0) is 22.4. The molecule has 2 bridgehead atoms. The van der Waals surface area contributed by atoms with Gasteiger partial charge in [-0.1, -0.05) is 71.7 Å². The summed E-state index contributed by atoms with van der Waals surface area (Å²) in [6, 6.07) is 20.5. The molecule has 0 radical (unpaired) electrons. The van der Waals surface area contributed by atoms with E-state index >= 15 is 0 Å². The molecule has 1 heterocycles. The molecule has 4 aliphatic rings. The fourth-order valence-electron chi connectivity index (χ4n) is 6.44. The summed E-state index contributed by atoms with van der Waals surface area (Å²) in [5.41, 5.74) is 3.15. The lowest BCUT2D eigenvalue weighted by atomic mass is 9.46. The summed E-state index contributed by atoms with van der Waals surface area (Å²) in [6.45, 7) is 1.71. The van der Waals surface area contributed by atoms with Crippen molar-refractivity contribution in [2.75, 3.05) is 4.90 Å². The molecule has 1 saturated heterocycles. The second-order valence-electron chi connectivity index (χ2n) is 8.81. The molecular formula is C26H19Cl2NO3. The van der Waals surface area contributed by atoms with E-state index in [-0.39, 0.29) is 22.8 Å². The highest BCUT2D eigenvalue weighted by molar-refractivity contribution is 6.38. The summed E-state index contributed by atoms with van der Waals surface area (Å²) >= 11 is 12.5. The molecular weight excluding hydrogens is 445 g/mol. The van der Waals surface area contributed by atoms with Gasteiger partial charge in [0.2, 0.25) is 11.8 Å². The Morgan fingerprint density at radius 3 is 2.06 bits per heavy atom. The van der Waals surface area contributed by atoms with Gasteiger partial charge in [0.05, 0.1) is 34.1 Å². The zero-order valence-corrected chi connectivity index (χ0v) is 18.6. The minimum atomic E-state index is -1.02. The van der Waals surface area contributed by atoms with E-state index in [0.717, 1.165) is 22.3 Å². The number of carbonyl (C=O) groups excluding carboxylic acids is 2. The van der Waals surface area contributed by atoms with Gasteiger partial charge < -0.3 is 5.11 Å². The predicted molar refractivity (Wildman–Crippen MR) is 123 cm³/mol. The minimum absolute atomic E-state index is 0.242. The number of nitrogens with zero attached hydrogens (tertiary/aromatic N) is 1. The number of amides is 2. The molecule has 3 unspecified atom stereocenters. The standard InChI is InChI=1S/C26H19Cl2NO3/c1-13(30)26-17-8-4-2-6-15(17)21(16-7-3-5-9-18(16)26)22-23(26)25(32)29(24(22)31)20-11-10-14(27)12-19(20)28/h2-13,21-23,30H,1H3. The van der Waals surface area contributed by atoms with Gasteiger partial charge in [-0.2, -0.15) is 0 Å². The molecule has 3 aromatic rings. The van der Waals surface area contributed by atoms with Crippen molar-refractivity contribution in [1.82, 2.24) is 0 Å². The van der Waals surface area contributed by atoms with Crippen LogP contribution in [-0.4, -0.2) is 23.0 Å². The Morgan fingerprint density at radius 2 is 1.50 bits per heavy atom. The van der Waals surface area contributed by atoms with E-state index in [1.54, 1.807) is 19.1 Å². The normalized spacial score (nSPS) is 28.4. The fourth-order valence-corrected chi connectivity index (χ4v) is 6.93. The highest BCUT2D eigenvalue weighted by Gasteiger charge is 2.69. The summed E-state index contributed by atoms with van der Waals surface area (Å²) in [5.74, 6) is -2.23. The smallest absolute Gasteiger partial charge is 0.239 e. The van der Waals surface area contributed by atoms with Crippen LogP contribution in [0.25, 0.3) is 0 Å². The van der Waals surface area contributed by atoms with Gasteiger partial charge in [0.25, 0.3) is 0 Å². The van der Waals surface area contributed by atoms with Crippen LogP contribution in [0.2, 0.25) is 10.0 Å². The van der Waals surface area contributed by atoms with Crippen molar-refractivity contribution in [3.8, 4) is 0 Å². The van der Waals surface area contributed by atoms with E-state index in [9.17, 15) is 14.7 Å². The molecule has 32 heavy (non-hydrogen) atoms. The summed E-state index contributed by atoms with van der Waals surface area (Å²) in [7, 11) is 0. The zero-order valence-electron chi connectivity index (χ0n) is 17.1. The van der Waals surface area contributed by atoms with Gasteiger partial charge in [-0.15, -0.1) is 0 Å². The number of halogens is 2. The van der Waals surface area contributed by atoms with Crippen LogP contribution in [0.15, 0.2) is 66.7 Å². The molecule has 3 aliphatic carbocycles. The van der Waals surface area contributed by atoms with Crippen LogP contribution in [0.3, 0.4) is 0 Å². The largest absolute Gasteiger partial charge is 0.392 e. The summed E-state index contributed by atoms with van der Waals surface area (Å²) in [6.07, 6.45) is -0.893. The molecule has 2 amide bonds. The molecule has 0 saturated carbocycles. The van der Waals surface area contributed by atoms with E-state index in [2.05, 4.69) is 0 Å². The van der Waals surface area contributed by atoms with E-state index in [4.69, 9.17) is 23.2 Å². The van der Waals surface area contributed by atoms with Crippen molar-refractivity contribution in [1.29, 1.82) is 0 Å². The van der Waals surface area contributed by atoms with E-state index < -0.39 is 23.4 Å².